The van der Waals surface area contributed by atoms with Crippen molar-refractivity contribution in [2.24, 2.45) is 5.41 Å². The maximum atomic E-state index is 8.88. The van der Waals surface area contributed by atoms with Gasteiger partial charge in [-0.3, -0.25) is 0 Å². The summed E-state index contributed by atoms with van der Waals surface area (Å²) in [7, 11) is 0. The van der Waals surface area contributed by atoms with Gasteiger partial charge in [0.15, 0.2) is 0 Å². The van der Waals surface area contributed by atoms with Gasteiger partial charge in [-0.25, -0.2) is 0 Å². The van der Waals surface area contributed by atoms with Crippen LogP contribution in [-0.4, -0.2) is 41.9 Å². The summed E-state index contributed by atoms with van der Waals surface area (Å²) in [5.74, 6) is 0. The van der Waals surface area contributed by atoms with Crippen molar-refractivity contribution in [1.82, 2.24) is 0 Å². The van der Waals surface area contributed by atoms with Crippen molar-refractivity contribution in [2.75, 3.05) is 26.6 Å². The molecule has 0 unspecified atom stereocenters. The van der Waals surface area contributed by atoms with Crippen molar-refractivity contribution in [3.63, 3.8) is 0 Å². The number of hydrogen-bond acceptors (Lipinski definition) is 4. The molecule has 68 valence electrons. The lowest BCUT2D eigenvalue weighted by molar-refractivity contribution is -0.0774. The largest absolute Gasteiger partial charge is 0.396 e. The molecule has 0 atom stereocenters. The Balaban J connectivity index is 3.84. The van der Waals surface area contributed by atoms with E-state index in [1.165, 1.54) is 0 Å². The van der Waals surface area contributed by atoms with Crippen LogP contribution in [0.5, 0.6) is 0 Å². The summed E-state index contributed by atoms with van der Waals surface area (Å²) in [6.45, 7) is 1.42. The highest BCUT2D eigenvalue weighted by Gasteiger charge is 2.26. The summed E-state index contributed by atoms with van der Waals surface area (Å²) in [5, 5.41) is 26.1. The molecular weight excluding hydrogens is 148 g/mol. The fourth-order valence-corrected chi connectivity index (χ4v) is 0.729. The topological polar surface area (TPSA) is 69.9 Å². The molecule has 0 heterocycles. The summed E-state index contributed by atoms with van der Waals surface area (Å²) in [4.78, 5) is 0. The molecular formula is C7H16O4. The standard InChI is InChI=1S/C7H16O4/c1-2-7(3-8,4-9)5-11-6-10/h8-10H,2-6H2,1H3. The van der Waals surface area contributed by atoms with Gasteiger partial charge in [0.2, 0.25) is 0 Å². The number of hydrogen-bond donors (Lipinski definition) is 3. The van der Waals surface area contributed by atoms with Crippen molar-refractivity contribution in [2.45, 2.75) is 13.3 Å². The minimum absolute atomic E-state index is 0.125. The lowest BCUT2D eigenvalue weighted by Gasteiger charge is -2.27. The Morgan fingerprint density at radius 1 is 1.18 bits per heavy atom. The van der Waals surface area contributed by atoms with E-state index in [9.17, 15) is 0 Å². The van der Waals surface area contributed by atoms with E-state index in [-0.39, 0.29) is 26.6 Å². The molecule has 0 aromatic carbocycles. The average molecular weight is 164 g/mol. The molecule has 0 saturated carbocycles. The molecule has 0 radical (unpaired) electrons. The highest BCUT2D eigenvalue weighted by molar-refractivity contribution is 4.75. The Bertz CT molecular complexity index is 82.2. The van der Waals surface area contributed by atoms with Crippen LogP contribution in [0.15, 0.2) is 0 Å². The van der Waals surface area contributed by atoms with E-state index in [0.29, 0.717) is 6.42 Å². The van der Waals surface area contributed by atoms with Crippen molar-refractivity contribution in [1.29, 1.82) is 0 Å². The fraction of sp³-hybridized carbons (Fsp3) is 1.00. The van der Waals surface area contributed by atoms with Crippen LogP contribution in [0.3, 0.4) is 0 Å². The molecule has 0 aromatic rings. The third-order valence-electron chi connectivity index (χ3n) is 1.92. The maximum absolute atomic E-state index is 8.88. The summed E-state index contributed by atoms with van der Waals surface area (Å²) in [6, 6.07) is 0. The van der Waals surface area contributed by atoms with Crippen LogP contribution < -0.4 is 0 Å². The minimum Gasteiger partial charge on any atom is -0.396 e. The molecule has 3 N–H and O–H groups in total. The Morgan fingerprint density at radius 3 is 2.00 bits per heavy atom. The summed E-state index contributed by atoms with van der Waals surface area (Å²) in [5.41, 5.74) is -0.595. The molecule has 4 heteroatoms. The zero-order chi connectivity index (χ0) is 8.74. The fourth-order valence-electron chi connectivity index (χ4n) is 0.729. The van der Waals surface area contributed by atoms with Crippen LogP contribution in [0.1, 0.15) is 13.3 Å². The molecule has 0 fully saturated rings. The van der Waals surface area contributed by atoms with Gasteiger partial charge in [-0.2, -0.15) is 0 Å². The summed E-state index contributed by atoms with van der Waals surface area (Å²) in [6.07, 6.45) is 0.625. The molecule has 0 aromatic heterocycles. The second kappa shape index (κ2) is 5.49. The van der Waals surface area contributed by atoms with Crippen LogP contribution in [0.2, 0.25) is 0 Å². The van der Waals surface area contributed by atoms with Crippen molar-refractivity contribution < 1.29 is 20.1 Å². The van der Waals surface area contributed by atoms with E-state index in [1.807, 2.05) is 6.92 Å². The van der Waals surface area contributed by atoms with Crippen LogP contribution in [0, 0.1) is 5.41 Å². The first kappa shape index (κ1) is 10.8. The molecule has 0 aliphatic rings. The Labute approximate surface area is 66.4 Å². The zero-order valence-electron chi connectivity index (χ0n) is 6.79. The Morgan fingerprint density at radius 2 is 1.73 bits per heavy atom. The lowest BCUT2D eigenvalue weighted by atomic mass is 9.88. The molecule has 4 nitrogen and oxygen atoms in total. The van der Waals surface area contributed by atoms with Crippen molar-refractivity contribution >= 4 is 0 Å². The molecule has 0 bridgehead atoms. The number of aliphatic hydroxyl groups is 3. The first-order chi connectivity index (χ1) is 5.24. The first-order valence-corrected chi connectivity index (χ1v) is 3.65. The monoisotopic (exact) mass is 164 g/mol. The molecule has 0 amide bonds. The predicted octanol–water partition coefficient (Wildman–Crippen LogP) is -0.666. The van der Waals surface area contributed by atoms with Crippen LogP contribution in [0.25, 0.3) is 0 Å². The number of aliphatic hydroxyl groups excluding tert-OH is 3. The van der Waals surface area contributed by atoms with Gasteiger partial charge in [-0.05, 0) is 6.42 Å². The van der Waals surface area contributed by atoms with E-state index in [4.69, 9.17) is 20.1 Å². The third kappa shape index (κ3) is 3.16. The van der Waals surface area contributed by atoms with Gasteiger partial charge in [0, 0.05) is 5.41 Å². The van der Waals surface area contributed by atoms with Crippen LogP contribution in [-0.2, 0) is 4.74 Å². The highest BCUT2D eigenvalue weighted by Crippen LogP contribution is 2.20. The third-order valence-corrected chi connectivity index (χ3v) is 1.92. The second-order valence-electron chi connectivity index (χ2n) is 2.65. The highest BCUT2D eigenvalue weighted by atomic mass is 16.6. The van der Waals surface area contributed by atoms with Gasteiger partial charge < -0.3 is 20.1 Å². The maximum Gasteiger partial charge on any atom is 0.143 e. The number of ether oxygens (including phenoxy) is 1. The van der Waals surface area contributed by atoms with Crippen molar-refractivity contribution in [3.05, 3.63) is 0 Å². The van der Waals surface area contributed by atoms with E-state index >= 15 is 0 Å². The quantitative estimate of drug-likeness (QED) is 0.455. The summed E-state index contributed by atoms with van der Waals surface area (Å²) < 4.78 is 4.71. The minimum atomic E-state index is -0.595. The van der Waals surface area contributed by atoms with E-state index in [1.54, 1.807) is 0 Å². The Kier molecular flexibility index (Phi) is 5.41. The second-order valence-corrected chi connectivity index (χ2v) is 2.65. The van der Waals surface area contributed by atoms with Crippen molar-refractivity contribution in [3.8, 4) is 0 Å². The number of rotatable bonds is 6. The predicted molar refractivity (Wildman–Crippen MR) is 39.9 cm³/mol. The van der Waals surface area contributed by atoms with E-state index < -0.39 is 5.41 Å². The molecule has 11 heavy (non-hydrogen) atoms. The Hall–Kier alpha value is -0.160. The normalized spacial score (nSPS) is 12.0. The molecule has 0 aliphatic heterocycles. The van der Waals surface area contributed by atoms with Gasteiger partial charge in [0.25, 0.3) is 0 Å². The van der Waals surface area contributed by atoms with Gasteiger partial charge in [-0.1, -0.05) is 6.92 Å². The van der Waals surface area contributed by atoms with Crippen LogP contribution in [0.4, 0.5) is 0 Å². The average Bonchev–Trinajstić information content (AvgIpc) is 2.08. The first-order valence-electron chi connectivity index (χ1n) is 3.65. The van der Waals surface area contributed by atoms with E-state index in [2.05, 4.69) is 0 Å². The SMILES string of the molecule is CCC(CO)(CO)COCO. The van der Waals surface area contributed by atoms with E-state index in [0.717, 1.165) is 0 Å². The molecule has 0 rings (SSSR count). The smallest absolute Gasteiger partial charge is 0.143 e. The van der Waals surface area contributed by atoms with Gasteiger partial charge in [0.05, 0.1) is 19.8 Å². The van der Waals surface area contributed by atoms with Crippen LogP contribution >= 0.6 is 0 Å². The van der Waals surface area contributed by atoms with Gasteiger partial charge in [0.1, 0.15) is 6.79 Å². The van der Waals surface area contributed by atoms with Gasteiger partial charge >= 0.3 is 0 Å². The molecule has 0 saturated heterocycles. The zero-order valence-corrected chi connectivity index (χ0v) is 6.79. The lowest BCUT2D eigenvalue weighted by Crippen LogP contribution is -2.34. The molecule has 0 aliphatic carbocycles. The van der Waals surface area contributed by atoms with Gasteiger partial charge in [-0.15, -0.1) is 0 Å². The molecule has 0 spiro atoms. The summed E-state index contributed by atoms with van der Waals surface area (Å²) >= 11 is 0.